The molecular formula is C17H25N5O3. The number of aromatic nitrogens is 2. The molecule has 0 radical (unpaired) electrons. The number of hydrogen-bond acceptors (Lipinski definition) is 6. The van der Waals surface area contributed by atoms with Gasteiger partial charge in [-0.2, -0.15) is 0 Å². The summed E-state index contributed by atoms with van der Waals surface area (Å²) in [6.07, 6.45) is 1.63. The van der Waals surface area contributed by atoms with Crippen LogP contribution in [0.25, 0.3) is 0 Å². The maximum absolute atomic E-state index is 12.2. The summed E-state index contributed by atoms with van der Waals surface area (Å²) in [5.41, 5.74) is 0.487. The van der Waals surface area contributed by atoms with Gasteiger partial charge in [0.2, 0.25) is 5.91 Å². The number of nitrogens with zero attached hydrogens (tertiary/aromatic N) is 4. The zero-order valence-electron chi connectivity index (χ0n) is 15.2. The van der Waals surface area contributed by atoms with Crippen molar-refractivity contribution in [2.75, 3.05) is 36.4 Å². The fraction of sp³-hybridized carbons (Fsp3) is 0.647. The molecule has 1 saturated heterocycles. The van der Waals surface area contributed by atoms with Gasteiger partial charge in [-0.15, -0.1) is 0 Å². The quantitative estimate of drug-likeness (QED) is 0.836. The van der Waals surface area contributed by atoms with Gasteiger partial charge < -0.3 is 19.9 Å². The van der Waals surface area contributed by atoms with Crippen molar-refractivity contribution in [1.82, 2.24) is 14.9 Å². The highest BCUT2D eigenvalue weighted by Crippen LogP contribution is 2.36. The monoisotopic (exact) mass is 347 g/mol. The van der Waals surface area contributed by atoms with Crippen molar-refractivity contribution < 1.29 is 14.3 Å². The summed E-state index contributed by atoms with van der Waals surface area (Å²) in [4.78, 5) is 36.4. The Morgan fingerprint density at radius 2 is 1.92 bits per heavy atom. The van der Waals surface area contributed by atoms with Crippen molar-refractivity contribution in [1.29, 1.82) is 0 Å². The molecule has 1 N–H and O–H groups in total. The smallest absolute Gasteiger partial charge is 0.410 e. The first-order chi connectivity index (χ1) is 11.7. The summed E-state index contributed by atoms with van der Waals surface area (Å²) in [6.45, 7) is 10.1. The molecule has 8 heteroatoms. The van der Waals surface area contributed by atoms with Gasteiger partial charge in [-0.1, -0.05) is 6.92 Å². The van der Waals surface area contributed by atoms with E-state index in [4.69, 9.17) is 4.74 Å². The van der Waals surface area contributed by atoms with E-state index in [0.29, 0.717) is 38.4 Å². The van der Waals surface area contributed by atoms with E-state index < -0.39 is 5.60 Å². The van der Waals surface area contributed by atoms with E-state index in [1.807, 2.05) is 27.7 Å². The first-order valence-corrected chi connectivity index (χ1v) is 8.62. The van der Waals surface area contributed by atoms with E-state index in [2.05, 4.69) is 20.2 Å². The molecule has 1 unspecified atom stereocenters. The zero-order valence-corrected chi connectivity index (χ0v) is 15.2. The number of carbonyl (C=O) groups is 2. The molecular weight excluding hydrogens is 322 g/mol. The highest BCUT2D eigenvalue weighted by molar-refractivity contribution is 5.94. The second-order valence-electron chi connectivity index (χ2n) is 7.57. The molecule has 1 atom stereocenters. The van der Waals surface area contributed by atoms with Gasteiger partial charge >= 0.3 is 6.09 Å². The van der Waals surface area contributed by atoms with Crippen LogP contribution in [0.3, 0.4) is 0 Å². The predicted molar refractivity (Wildman–Crippen MR) is 93.7 cm³/mol. The van der Waals surface area contributed by atoms with Crippen molar-refractivity contribution in [2.45, 2.75) is 45.6 Å². The van der Waals surface area contributed by atoms with Gasteiger partial charge in [-0.25, -0.2) is 14.8 Å². The lowest BCUT2D eigenvalue weighted by Gasteiger charge is -2.37. The lowest BCUT2D eigenvalue weighted by atomic mass is 9.94. The predicted octanol–water partition coefficient (Wildman–Crippen LogP) is 1.98. The number of piperazine rings is 1. The fourth-order valence-electron chi connectivity index (χ4n) is 3.18. The van der Waals surface area contributed by atoms with Crippen molar-refractivity contribution in [3.63, 3.8) is 0 Å². The summed E-state index contributed by atoms with van der Waals surface area (Å²) in [5.74, 6) is 1.51. The molecule has 2 aliphatic heterocycles. The Balaban J connectivity index is 1.71. The SMILES string of the molecule is CC1CC(=O)Nc2ncnc(N3CCN(C(=O)OC(C)(C)C)CC3)c21. The lowest BCUT2D eigenvalue weighted by molar-refractivity contribution is -0.116. The third-order valence-corrected chi connectivity index (χ3v) is 4.34. The van der Waals surface area contributed by atoms with Crippen LogP contribution in [-0.4, -0.2) is 58.6 Å². The number of carbonyl (C=O) groups excluding carboxylic acids is 2. The minimum Gasteiger partial charge on any atom is -0.444 e. The van der Waals surface area contributed by atoms with Crippen LogP contribution in [0.4, 0.5) is 16.4 Å². The molecule has 3 heterocycles. The van der Waals surface area contributed by atoms with Crippen LogP contribution in [-0.2, 0) is 9.53 Å². The van der Waals surface area contributed by atoms with E-state index in [-0.39, 0.29) is 17.9 Å². The molecule has 0 bridgehead atoms. The van der Waals surface area contributed by atoms with Crippen LogP contribution in [0.1, 0.15) is 45.6 Å². The molecule has 1 aromatic rings. The fourth-order valence-corrected chi connectivity index (χ4v) is 3.18. The number of amides is 2. The maximum atomic E-state index is 12.2. The molecule has 0 aromatic carbocycles. The summed E-state index contributed by atoms with van der Waals surface area (Å²) in [6, 6.07) is 0. The lowest BCUT2D eigenvalue weighted by Crippen LogP contribution is -2.50. The van der Waals surface area contributed by atoms with Gasteiger partial charge in [0.05, 0.1) is 0 Å². The Bertz CT molecular complexity index is 677. The third kappa shape index (κ3) is 3.83. The number of fused-ring (bicyclic) bond motifs is 1. The molecule has 8 nitrogen and oxygen atoms in total. The first-order valence-electron chi connectivity index (χ1n) is 8.62. The van der Waals surface area contributed by atoms with Gasteiger partial charge in [-0.05, 0) is 26.7 Å². The van der Waals surface area contributed by atoms with Crippen LogP contribution in [0.5, 0.6) is 0 Å². The van der Waals surface area contributed by atoms with Crippen LogP contribution < -0.4 is 10.2 Å². The van der Waals surface area contributed by atoms with Crippen LogP contribution in [0, 0.1) is 0 Å². The molecule has 25 heavy (non-hydrogen) atoms. The Morgan fingerprint density at radius 1 is 1.24 bits per heavy atom. The van der Waals surface area contributed by atoms with Gasteiger partial charge in [0, 0.05) is 38.2 Å². The molecule has 2 aliphatic rings. The molecule has 136 valence electrons. The minimum atomic E-state index is -0.492. The first kappa shape index (κ1) is 17.4. The second-order valence-corrected chi connectivity index (χ2v) is 7.57. The standard InChI is InChI=1S/C17H25N5O3/c1-11-9-12(23)20-14-13(11)15(19-10-18-14)21-5-7-22(8-6-21)16(24)25-17(2,3)4/h10-11H,5-9H2,1-4H3,(H,18,19,20,23). The van der Waals surface area contributed by atoms with Gasteiger partial charge in [0.25, 0.3) is 0 Å². The Labute approximate surface area is 147 Å². The van der Waals surface area contributed by atoms with Crippen LogP contribution in [0.15, 0.2) is 6.33 Å². The molecule has 1 aromatic heterocycles. The largest absolute Gasteiger partial charge is 0.444 e. The van der Waals surface area contributed by atoms with E-state index in [1.54, 1.807) is 4.90 Å². The topological polar surface area (TPSA) is 87.7 Å². The molecule has 3 rings (SSSR count). The van der Waals surface area contributed by atoms with Crippen molar-refractivity contribution in [2.24, 2.45) is 0 Å². The highest BCUT2D eigenvalue weighted by atomic mass is 16.6. The van der Waals surface area contributed by atoms with Crippen molar-refractivity contribution in [3.8, 4) is 0 Å². The van der Waals surface area contributed by atoms with Gasteiger partial charge in [-0.3, -0.25) is 4.79 Å². The Kier molecular flexibility index (Phi) is 4.53. The van der Waals surface area contributed by atoms with Crippen molar-refractivity contribution >= 4 is 23.6 Å². The summed E-state index contributed by atoms with van der Waals surface area (Å²) in [5, 5.41) is 2.82. The van der Waals surface area contributed by atoms with Gasteiger partial charge in [0.15, 0.2) is 0 Å². The normalized spacial score (nSPS) is 20.8. The number of nitrogens with one attached hydrogen (secondary N) is 1. The number of hydrogen-bond donors (Lipinski definition) is 1. The van der Waals surface area contributed by atoms with E-state index in [1.165, 1.54) is 6.33 Å². The molecule has 0 spiro atoms. The van der Waals surface area contributed by atoms with E-state index in [0.717, 1.165) is 11.4 Å². The maximum Gasteiger partial charge on any atom is 0.410 e. The average molecular weight is 347 g/mol. The number of rotatable bonds is 1. The molecule has 0 saturated carbocycles. The third-order valence-electron chi connectivity index (χ3n) is 4.34. The highest BCUT2D eigenvalue weighted by Gasteiger charge is 2.31. The summed E-state index contributed by atoms with van der Waals surface area (Å²) < 4.78 is 5.43. The Hall–Kier alpha value is -2.38. The average Bonchev–Trinajstić information content (AvgIpc) is 2.52. The summed E-state index contributed by atoms with van der Waals surface area (Å²) >= 11 is 0. The van der Waals surface area contributed by atoms with Crippen molar-refractivity contribution in [3.05, 3.63) is 11.9 Å². The van der Waals surface area contributed by atoms with Crippen LogP contribution in [0.2, 0.25) is 0 Å². The molecule has 1 fully saturated rings. The molecule has 2 amide bonds. The van der Waals surface area contributed by atoms with E-state index in [9.17, 15) is 9.59 Å². The van der Waals surface area contributed by atoms with Crippen LogP contribution >= 0.6 is 0 Å². The number of ether oxygens (including phenoxy) is 1. The zero-order chi connectivity index (χ0) is 18.2. The molecule has 0 aliphatic carbocycles. The minimum absolute atomic E-state index is 0.0144. The second kappa shape index (κ2) is 6.50. The summed E-state index contributed by atoms with van der Waals surface area (Å²) in [7, 11) is 0. The van der Waals surface area contributed by atoms with E-state index >= 15 is 0 Å². The number of anilines is 2. The Morgan fingerprint density at radius 3 is 2.56 bits per heavy atom. The van der Waals surface area contributed by atoms with Gasteiger partial charge in [0.1, 0.15) is 23.6 Å².